The Morgan fingerprint density at radius 2 is 1.40 bits per heavy atom. The lowest BCUT2D eigenvalue weighted by molar-refractivity contribution is -0.277. The number of hydrogen-bond acceptors (Lipinski definition) is 8. The van der Waals surface area contributed by atoms with Crippen LogP contribution in [0.2, 0.25) is 0 Å². The Bertz CT molecular complexity index is 1020. The van der Waals surface area contributed by atoms with Crippen LogP contribution in [-0.2, 0) is 9.53 Å². The van der Waals surface area contributed by atoms with Crippen LogP contribution in [0.1, 0.15) is 68.1 Å². The second-order valence-corrected chi connectivity index (χ2v) is 10.1. The molecule has 1 saturated heterocycles. The first-order chi connectivity index (χ1) is 19.4. The molecule has 0 radical (unpaired) electrons. The summed E-state index contributed by atoms with van der Waals surface area (Å²) in [4.78, 5) is 24.2. The van der Waals surface area contributed by atoms with Crippen LogP contribution in [-0.4, -0.2) is 76.1 Å². The molecule has 0 unspecified atom stereocenters. The minimum absolute atomic E-state index is 0.0255. The van der Waals surface area contributed by atoms with Gasteiger partial charge in [0.2, 0.25) is 12.2 Å². The van der Waals surface area contributed by atoms with E-state index in [-0.39, 0.29) is 11.8 Å². The van der Waals surface area contributed by atoms with Gasteiger partial charge >= 0.3 is 0 Å². The van der Waals surface area contributed by atoms with Crippen molar-refractivity contribution >= 4 is 17.5 Å². The fraction of sp³-hybridized carbons (Fsp3) is 0.533. The van der Waals surface area contributed by atoms with Crippen LogP contribution in [0, 0.1) is 0 Å². The summed E-state index contributed by atoms with van der Waals surface area (Å²) < 4.78 is 10.9. The lowest BCUT2D eigenvalue weighted by Crippen LogP contribution is -2.60. The Balaban J connectivity index is 1.20. The van der Waals surface area contributed by atoms with Gasteiger partial charge in [-0.3, -0.25) is 9.59 Å². The van der Waals surface area contributed by atoms with Crippen molar-refractivity contribution in [2.24, 2.45) is 0 Å². The number of rotatable bonds is 16. The zero-order valence-corrected chi connectivity index (χ0v) is 22.8. The monoisotopic (exact) mass is 558 g/mol. The third kappa shape index (κ3) is 10.2. The molecular formula is C30H42N2O8. The normalized spacial score (nSPS) is 22.4. The number of aliphatic hydroxyl groups excluding tert-OH is 4. The summed E-state index contributed by atoms with van der Waals surface area (Å²) in [6.45, 7) is 0.157. The third-order valence-corrected chi connectivity index (χ3v) is 6.89. The van der Waals surface area contributed by atoms with E-state index in [4.69, 9.17) is 9.47 Å². The van der Waals surface area contributed by atoms with Gasteiger partial charge in [0.25, 0.3) is 5.91 Å². The summed E-state index contributed by atoms with van der Waals surface area (Å²) in [6.07, 6.45) is 2.04. The lowest BCUT2D eigenvalue weighted by Gasteiger charge is -2.39. The van der Waals surface area contributed by atoms with Crippen LogP contribution in [0.3, 0.4) is 0 Å². The van der Waals surface area contributed by atoms with E-state index in [1.165, 1.54) is 0 Å². The first-order valence-electron chi connectivity index (χ1n) is 14.1. The van der Waals surface area contributed by atoms with Gasteiger partial charge in [0.15, 0.2) is 0 Å². The molecule has 0 aromatic heterocycles. The van der Waals surface area contributed by atoms with Crippen molar-refractivity contribution in [1.29, 1.82) is 0 Å². The van der Waals surface area contributed by atoms with Gasteiger partial charge in [-0.1, -0.05) is 56.7 Å². The Morgan fingerprint density at radius 1 is 0.775 bits per heavy atom. The summed E-state index contributed by atoms with van der Waals surface area (Å²) in [5.41, 5.74) is 1.29. The Morgan fingerprint density at radius 3 is 2.05 bits per heavy atom. The van der Waals surface area contributed by atoms with Gasteiger partial charge in [0.1, 0.15) is 30.2 Å². The number of hydrogen-bond donors (Lipinski definition) is 6. The van der Waals surface area contributed by atoms with E-state index in [0.717, 1.165) is 51.4 Å². The quantitative estimate of drug-likeness (QED) is 0.172. The van der Waals surface area contributed by atoms with E-state index >= 15 is 0 Å². The first-order valence-corrected chi connectivity index (χ1v) is 14.1. The molecule has 0 saturated carbocycles. The molecule has 0 bridgehead atoms. The van der Waals surface area contributed by atoms with Crippen molar-refractivity contribution in [3.05, 3.63) is 60.2 Å². The molecule has 1 heterocycles. The summed E-state index contributed by atoms with van der Waals surface area (Å²) >= 11 is 0. The molecule has 2 aromatic rings. The highest BCUT2D eigenvalue weighted by molar-refractivity contribution is 5.94. The standard InChI is InChI=1S/C30H42N2O8/c33-20-24-26(35)27(36)28(37)30(40-24)39-23-17-15-22(16-18-23)32-25(34)14-10-5-3-1-2-4-6-11-19-31-29(38)21-12-8-7-9-13-21/h7-9,12-13,15-18,24,26-28,30,33,35-37H,1-6,10-11,14,19-20H2,(H,31,38)(H,32,34)/t24-,26+,27+,28-,30-/m1/s1. The molecule has 10 heteroatoms. The number of aliphatic hydroxyl groups is 4. The molecule has 6 N–H and O–H groups in total. The SMILES string of the molecule is O=C(CCCCCCCCCCNC(=O)c1ccccc1)Nc1ccc(O[C@@H]2O[C@H](CO)[C@H](O)[C@H](O)[C@H]2O)cc1. The van der Waals surface area contributed by atoms with Crippen molar-refractivity contribution in [1.82, 2.24) is 5.32 Å². The molecular weight excluding hydrogens is 516 g/mol. The van der Waals surface area contributed by atoms with Crippen LogP contribution >= 0.6 is 0 Å². The van der Waals surface area contributed by atoms with E-state index in [1.807, 2.05) is 30.3 Å². The number of carbonyl (C=O) groups excluding carboxylic acids is 2. The number of benzene rings is 2. The summed E-state index contributed by atoms with van der Waals surface area (Å²) in [7, 11) is 0. The van der Waals surface area contributed by atoms with Crippen LogP contribution in [0.4, 0.5) is 5.69 Å². The van der Waals surface area contributed by atoms with Gasteiger partial charge in [0, 0.05) is 24.2 Å². The molecule has 220 valence electrons. The molecule has 2 amide bonds. The largest absolute Gasteiger partial charge is 0.462 e. The number of carbonyl (C=O) groups is 2. The lowest BCUT2D eigenvalue weighted by atomic mass is 9.99. The molecule has 1 aliphatic rings. The highest BCUT2D eigenvalue weighted by Gasteiger charge is 2.44. The van der Waals surface area contributed by atoms with Crippen LogP contribution in [0.15, 0.2) is 54.6 Å². The zero-order chi connectivity index (χ0) is 28.7. The van der Waals surface area contributed by atoms with Crippen molar-refractivity contribution in [2.75, 3.05) is 18.5 Å². The fourth-order valence-corrected chi connectivity index (χ4v) is 4.50. The first kappa shape index (κ1) is 31.5. The predicted octanol–water partition coefficient (Wildman–Crippen LogP) is 2.74. The van der Waals surface area contributed by atoms with Gasteiger partial charge in [-0.2, -0.15) is 0 Å². The maximum Gasteiger partial charge on any atom is 0.251 e. The number of ether oxygens (including phenoxy) is 2. The van der Waals surface area contributed by atoms with Crippen LogP contribution in [0.25, 0.3) is 0 Å². The second-order valence-electron chi connectivity index (χ2n) is 10.1. The number of amides is 2. The average Bonchev–Trinajstić information content (AvgIpc) is 2.97. The molecule has 1 fully saturated rings. The number of unbranched alkanes of at least 4 members (excludes halogenated alkanes) is 7. The Kier molecular flexibility index (Phi) is 13.3. The van der Waals surface area contributed by atoms with Gasteiger partial charge in [-0.05, 0) is 49.2 Å². The molecule has 0 spiro atoms. The van der Waals surface area contributed by atoms with E-state index in [1.54, 1.807) is 24.3 Å². The average molecular weight is 559 g/mol. The summed E-state index contributed by atoms with van der Waals surface area (Å²) in [5.74, 6) is 0.238. The third-order valence-electron chi connectivity index (χ3n) is 6.89. The molecule has 40 heavy (non-hydrogen) atoms. The topological polar surface area (TPSA) is 158 Å². The van der Waals surface area contributed by atoms with Gasteiger partial charge < -0.3 is 40.5 Å². The van der Waals surface area contributed by atoms with Gasteiger partial charge in [-0.25, -0.2) is 0 Å². The highest BCUT2D eigenvalue weighted by atomic mass is 16.7. The Hall–Kier alpha value is -3.02. The molecule has 0 aliphatic carbocycles. The second kappa shape index (κ2) is 16.9. The molecule has 10 nitrogen and oxygen atoms in total. The molecule has 5 atom stereocenters. The number of anilines is 1. The molecule has 2 aromatic carbocycles. The maximum absolute atomic E-state index is 12.3. The minimum atomic E-state index is -1.51. The van der Waals surface area contributed by atoms with E-state index in [0.29, 0.717) is 30.0 Å². The molecule has 1 aliphatic heterocycles. The van der Waals surface area contributed by atoms with Crippen LogP contribution in [0.5, 0.6) is 5.75 Å². The van der Waals surface area contributed by atoms with Crippen molar-refractivity contribution in [3.63, 3.8) is 0 Å². The van der Waals surface area contributed by atoms with E-state index in [2.05, 4.69) is 10.6 Å². The number of nitrogens with one attached hydrogen (secondary N) is 2. The van der Waals surface area contributed by atoms with Crippen molar-refractivity contribution in [2.45, 2.75) is 88.5 Å². The fourth-order valence-electron chi connectivity index (χ4n) is 4.50. The van der Waals surface area contributed by atoms with Gasteiger partial charge in [0.05, 0.1) is 6.61 Å². The minimum Gasteiger partial charge on any atom is -0.462 e. The van der Waals surface area contributed by atoms with E-state index < -0.39 is 37.3 Å². The van der Waals surface area contributed by atoms with Crippen molar-refractivity contribution < 1.29 is 39.5 Å². The van der Waals surface area contributed by atoms with Crippen molar-refractivity contribution in [3.8, 4) is 5.75 Å². The zero-order valence-electron chi connectivity index (χ0n) is 22.8. The smallest absolute Gasteiger partial charge is 0.251 e. The van der Waals surface area contributed by atoms with Gasteiger partial charge in [-0.15, -0.1) is 0 Å². The summed E-state index contributed by atoms with van der Waals surface area (Å²) in [5, 5.41) is 44.9. The molecule has 3 rings (SSSR count). The van der Waals surface area contributed by atoms with E-state index in [9.17, 15) is 30.0 Å². The highest BCUT2D eigenvalue weighted by Crippen LogP contribution is 2.25. The maximum atomic E-state index is 12.3. The Labute approximate surface area is 235 Å². The predicted molar refractivity (Wildman–Crippen MR) is 150 cm³/mol. The summed E-state index contributed by atoms with van der Waals surface area (Å²) in [6, 6.07) is 15.7. The van der Waals surface area contributed by atoms with Crippen LogP contribution < -0.4 is 15.4 Å².